The smallest absolute Gasteiger partial charge is 0.000835 e. The highest BCUT2D eigenvalue weighted by Gasteiger charge is 1.96. The Morgan fingerprint density at radius 3 is 2.60 bits per heavy atom. The molecule has 82 valence electrons. The predicted molar refractivity (Wildman–Crippen MR) is 67.9 cm³/mol. The minimum Gasteiger partial charge on any atom is -0.316 e. The van der Waals surface area contributed by atoms with Crippen molar-refractivity contribution in [1.82, 2.24) is 5.32 Å². The summed E-state index contributed by atoms with van der Waals surface area (Å²) in [6.07, 6.45) is 3.55. The topological polar surface area (TPSA) is 12.0 Å². The number of unbranched alkanes of at least 4 members (excludes halogenated alkanes) is 1. The molecular weight excluding hydrogens is 182 g/mol. The summed E-state index contributed by atoms with van der Waals surface area (Å²) in [4.78, 5) is 0. The van der Waals surface area contributed by atoms with Crippen molar-refractivity contribution >= 4 is 5.57 Å². The van der Waals surface area contributed by atoms with Crippen molar-refractivity contribution in [3.8, 4) is 0 Å². The van der Waals surface area contributed by atoms with Gasteiger partial charge in [-0.25, -0.2) is 0 Å². The normalized spacial score (nSPS) is 10.2. The molecule has 0 amide bonds. The van der Waals surface area contributed by atoms with Gasteiger partial charge in [0.1, 0.15) is 0 Å². The minimum atomic E-state index is 1.04. The van der Waals surface area contributed by atoms with Crippen molar-refractivity contribution in [2.75, 3.05) is 13.1 Å². The molecule has 1 heteroatoms. The zero-order chi connectivity index (χ0) is 10.9. The van der Waals surface area contributed by atoms with Crippen molar-refractivity contribution in [2.24, 2.45) is 0 Å². The maximum absolute atomic E-state index is 4.10. The number of hydrogen-bond donors (Lipinski definition) is 1. The Bertz CT molecular complexity index is 277. The zero-order valence-corrected chi connectivity index (χ0v) is 9.63. The lowest BCUT2D eigenvalue weighted by molar-refractivity contribution is 0.648. The summed E-state index contributed by atoms with van der Waals surface area (Å²) in [6, 6.07) is 10.4. The largest absolute Gasteiger partial charge is 0.316 e. The molecule has 0 saturated heterocycles. The standard InChI is InChI=1S/C14H21N/c1-3-4-11-15-12-10-13(2)14-8-6-5-7-9-14/h5-9,15H,2-4,10-12H2,1H3. The fourth-order valence-electron chi connectivity index (χ4n) is 1.48. The highest BCUT2D eigenvalue weighted by atomic mass is 14.8. The van der Waals surface area contributed by atoms with Crippen LogP contribution in [0.2, 0.25) is 0 Å². The number of rotatable bonds is 7. The van der Waals surface area contributed by atoms with Crippen LogP contribution in [0.4, 0.5) is 0 Å². The molecule has 0 heterocycles. The van der Waals surface area contributed by atoms with E-state index in [2.05, 4.69) is 43.1 Å². The van der Waals surface area contributed by atoms with E-state index in [0.29, 0.717) is 0 Å². The maximum Gasteiger partial charge on any atom is -0.000835 e. The lowest BCUT2D eigenvalue weighted by atomic mass is 10.1. The number of hydrogen-bond acceptors (Lipinski definition) is 1. The van der Waals surface area contributed by atoms with Gasteiger partial charge in [0.15, 0.2) is 0 Å². The molecule has 1 aromatic carbocycles. The van der Waals surface area contributed by atoms with Crippen LogP contribution in [0.1, 0.15) is 31.7 Å². The molecular formula is C14H21N. The molecule has 15 heavy (non-hydrogen) atoms. The van der Waals surface area contributed by atoms with Gasteiger partial charge in [0.25, 0.3) is 0 Å². The first-order chi connectivity index (χ1) is 7.34. The van der Waals surface area contributed by atoms with Gasteiger partial charge in [0.05, 0.1) is 0 Å². The van der Waals surface area contributed by atoms with Crippen LogP contribution in [0.5, 0.6) is 0 Å². The van der Waals surface area contributed by atoms with Gasteiger partial charge in [-0.1, -0.05) is 50.3 Å². The van der Waals surface area contributed by atoms with E-state index in [4.69, 9.17) is 0 Å². The summed E-state index contributed by atoms with van der Waals surface area (Å²) in [7, 11) is 0. The predicted octanol–water partition coefficient (Wildman–Crippen LogP) is 3.48. The molecule has 0 aliphatic carbocycles. The second-order valence-corrected chi connectivity index (χ2v) is 3.82. The van der Waals surface area contributed by atoms with Crippen LogP contribution in [0.3, 0.4) is 0 Å². The third-order valence-electron chi connectivity index (χ3n) is 2.49. The summed E-state index contributed by atoms with van der Waals surface area (Å²) in [5, 5.41) is 3.43. The fourth-order valence-corrected chi connectivity index (χ4v) is 1.48. The van der Waals surface area contributed by atoms with Crippen molar-refractivity contribution in [3.63, 3.8) is 0 Å². The first-order valence-electron chi connectivity index (χ1n) is 5.78. The highest BCUT2D eigenvalue weighted by Crippen LogP contribution is 2.14. The Hall–Kier alpha value is -1.08. The van der Waals surface area contributed by atoms with Crippen molar-refractivity contribution < 1.29 is 0 Å². The van der Waals surface area contributed by atoms with Crippen molar-refractivity contribution in [3.05, 3.63) is 42.5 Å². The van der Waals surface area contributed by atoms with E-state index >= 15 is 0 Å². The monoisotopic (exact) mass is 203 g/mol. The zero-order valence-electron chi connectivity index (χ0n) is 9.63. The molecule has 1 aromatic rings. The van der Waals surface area contributed by atoms with Crippen LogP contribution in [-0.4, -0.2) is 13.1 Å². The van der Waals surface area contributed by atoms with Gasteiger partial charge in [-0.05, 0) is 37.1 Å². The van der Waals surface area contributed by atoms with Crippen LogP contribution in [0.25, 0.3) is 5.57 Å². The third kappa shape index (κ3) is 4.80. The molecule has 1 nitrogen and oxygen atoms in total. The van der Waals surface area contributed by atoms with E-state index in [0.717, 1.165) is 19.5 Å². The van der Waals surface area contributed by atoms with Gasteiger partial charge in [-0.3, -0.25) is 0 Å². The molecule has 0 spiro atoms. The quantitative estimate of drug-likeness (QED) is 0.669. The van der Waals surface area contributed by atoms with Gasteiger partial charge in [-0.15, -0.1) is 0 Å². The summed E-state index contributed by atoms with van der Waals surface area (Å²) < 4.78 is 0. The molecule has 0 radical (unpaired) electrons. The molecule has 0 aromatic heterocycles. The molecule has 0 aliphatic rings. The lowest BCUT2D eigenvalue weighted by Gasteiger charge is -2.06. The summed E-state index contributed by atoms with van der Waals surface area (Å²) >= 11 is 0. The van der Waals surface area contributed by atoms with Gasteiger partial charge in [-0.2, -0.15) is 0 Å². The Morgan fingerprint density at radius 1 is 1.20 bits per heavy atom. The first-order valence-corrected chi connectivity index (χ1v) is 5.78. The molecule has 0 atom stereocenters. The SMILES string of the molecule is C=C(CCNCCCC)c1ccccc1. The van der Waals surface area contributed by atoms with Crippen LogP contribution in [-0.2, 0) is 0 Å². The van der Waals surface area contributed by atoms with Crippen LogP contribution >= 0.6 is 0 Å². The Labute approximate surface area is 93.2 Å². The average Bonchev–Trinajstić information content (AvgIpc) is 2.30. The van der Waals surface area contributed by atoms with Crippen LogP contribution < -0.4 is 5.32 Å². The maximum atomic E-state index is 4.10. The van der Waals surface area contributed by atoms with E-state index in [1.54, 1.807) is 0 Å². The Morgan fingerprint density at radius 2 is 1.93 bits per heavy atom. The molecule has 0 fully saturated rings. The summed E-state index contributed by atoms with van der Waals surface area (Å²) in [5.74, 6) is 0. The molecule has 1 N–H and O–H groups in total. The molecule has 0 aliphatic heterocycles. The second kappa shape index (κ2) is 7.24. The van der Waals surface area contributed by atoms with Gasteiger partial charge >= 0.3 is 0 Å². The lowest BCUT2D eigenvalue weighted by Crippen LogP contribution is -2.16. The summed E-state index contributed by atoms with van der Waals surface area (Å²) in [6.45, 7) is 8.47. The molecule has 1 rings (SSSR count). The van der Waals surface area contributed by atoms with Crippen molar-refractivity contribution in [2.45, 2.75) is 26.2 Å². The van der Waals surface area contributed by atoms with Gasteiger partial charge < -0.3 is 5.32 Å². The second-order valence-electron chi connectivity index (χ2n) is 3.82. The van der Waals surface area contributed by atoms with Gasteiger partial charge in [0, 0.05) is 0 Å². The van der Waals surface area contributed by atoms with E-state index < -0.39 is 0 Å². The fraction of sp³-hybridized carbons (Fsp3) is 0.429. The van der Waals surface area contributed by atoms with Crippen LogP contribution in [0, 0.1) is 0 Å². The van der Waals surface area contributed by atoms with E-state index in [-0.39, 0.29) is 0 Å². The third-order valence-corrected chi connectivity index (χ3v) is 2.49. The number of nitrogens with one attached hydrogen (secondary N) is 1. The molecule has 0 saturated carbocycles. The minimum absolute atomic E-state index is 1.04. The number of benzene rings is 1. The van der Waals surface area contributed by atoms with E-state index in [1.807, 2.05) is 6.07 Å². The van der Waals surface area contributed by atoms with Crippen molar-refractivity contribution in [1.29, 1.82) is 0 Å². The van der Waals surface area contributed by atoms with E-state index in [9.17, 15) is 0 Å². The highest BCUT2D eigenvalue weighted by molar-refractivity contribution is 5.63. The van der Waals surface area contributed by atoms with E-state index in [1.165, 1.54) is 24.0 Å². The first kappa shape index (κ1) is 12.0. The molecule has 0 bridgehead atoms. The van der Waals surface area contributed by atoms with Crippen LogP contribution in [0.15, 0.2) is 36.9 Å². The molecule has 0 unspecified atom stereocenters. The average molecular weight is 203 g/mol. The van der Waals surface area contributed by atoms with Gasteiger partial charge in [0.2, 0.25) is 0 Å². The summed E-state index contributed by atoms with van der Waals surface area (Å²) in [5.41, 5.74) is 2.48. The Kier molecular flexibility index (Phi) is 5.79. The Balaban J connectivity index is 2.20.